The molecule has 0 unspecified atom stereocenters. The number of fused-ring (bicyclic) bond motifs is 3. The molecule has 6 aromatic rings. The molecular formula is C34H22FN3. The molecule has 180 valence electrons. The number of benzene rings is 5. The van der Waals surface area contributed by atoms with Gasteiger partial charge in [0.15, 0.2) is 17.5 Å². The first-order chi connectivity index (χ1) is 18.7. The van der Waals surface area contributed by atoms with Gasteiger partial charge in [-0.15, -0.1) is 0 Å². The average molecular weight is 492 g/mol. The van der Waals surface area contributed by atoms with Gasteiger partial charge in [-0.2, -0.15) is 0 Å². The zero-order valence-corrected chi connectivity index (χ0v) is 20.5. The molecule has 38 heavy (non-hydrogen) atoms. The van der Waals surface area contributed by atoms with E-state index in [1.54, 1.807) is 6.07 Å². The van der Waals surface area contributed by atoms with Crippen LogP contribution in [0.5, 0.6) is 0 Å². The Morgan fingerprint density at radius 3 is 1.66 bits per heavy atom. The fraction of sp³-hybridized carbons (Fsp3) is 0.0294. The molecule has 1 aromatic heterocycles. The van der Waals surface area contributed by atoms with E-state index < -0.39 is 0 Å². The van der Waals surface area contributed by atoms with Crippen molar-refractivity contribution in [1.82, 2.24) is 15.0 Å². The van der Waals surface area contributed by atoms with Crippen LogP contribution in [0.15, 0.2) is 121 Å². The van der Waals surface area contributed by atoms with Crippen molar-refractivity contribution in [3.63, 3.8) is 0 Å². The second-order valence-electron chi connectivity index (χ2n) is 9.47. The van der Waals surface area contributed by atoms with E-state index in [9.17, 15) is 0 Å². The molecule has 0 saturated heterocycles. The van der Waals surface area contributed by atoms with Crippen LogP contribution in [0.2, 0.25) is 0 Å². The van der Waals surface area contributed by atoms with Gasteiger partial charge in [-0.05, 0) is 64.1 Å². The predicted molar refractivity (Wildman–Crippen MR) is 150 cm³/mol. The minimum absolute atomic E-state index is 0.332. The van der Waals surface area contributed by atoms with Crippen molar-refractivity contribution in [3.05, 3.63) is 138 Å². The molecule has 0 amide bonds. The highest BCUT2D eigenvalue weighted by molar-refractivity contribution is 5.82. The molecule has 3 nitrogen and oxygen atoms in total. The summed E-state index contributed by atoms with van der Waals surface area (Å²) in [6.45, 7) is 0. The first-order valence-corrected chi connectivity index (χ1v) is 12.6. The lowest BCUT2D eigenvalue weighted by Crippen LogP contribution is -2.00. The van der Waals surface area contributed by atoms with Gasteiger partial charge in [0.05, 0.1) is 0 Å². The predicted octanol–water partition coefficient (Wildman–Crippen LogP) is 8.25. The summed E-state index contributed by atoms with van der Waals surface area (Å²) in [5, 5.41) is 0. The second kappa shape index (κ2) is 9.16. The number of nitrogens with zero attached hydrogens (tertiary/aromatic N) is 3. The van der Waals surface area contributed by atoms with Crippen LogP contribution in [-0.2, 0) is 6.42 Å². The van der Waals surface area contributed by atoms with E-state index in [1.165, 1.54) is 28.3 Å². The van der Waals surface area contributed by atoms with Crippen LogP contribution >= 0.6 is 0 Å². The van der Waals surface area contributed by atoms with Gasteiger partial charge in [0, 0.05) is 16.7 Å². The van der Waals surface area contributed by atoms with Crippen molar-refractivity contribution >= 4 is 0 Å². The minimum atomic E-state index is -0.332. The molecule has 1 aliphatic carbocycles. The number of hydrogen-bond acceptors (Lipinski definition) is 3. The Bertz CT molecular complexity index is 1740. The maximum atomic E-state index is 15.1. The van der Waals surface area contributed by atoms with Crippen LogP contribution in [0.3, 0.4) is 0 Å². The highest BCUT2D eigenvalue weighted by atomic mass is 19.1. The molecule has 0 saturated carbocycles. The van der Waals surface area contributed by atoms with Gasteiger partial charge in [0.1, 0.15) is 5.82 Å². The molecule has 0 bridgehead atoms. The molecule has 0 atom stereocenters. The van der Waals surface area contributed by atoms with E-state index in [4.69, 9.17) is 15.0 Å². The molecule has 1 aliphatic rings. The first kappa shape index (κ1) is 22.3. The Balaban J connectivity index is 1.36. The lowest BCUT2D eigenvalue weighted by Gasteiger charge is -2.11. The van der Waals surface area contributed by atoms with Crippen molar-refractivity contribution in [2.24, 2.45) is 0 Å². The molecule has 0 fully saturated rings. The zero-order valence-electron chi connectivity index (χ0n) is 20.5. The van der Waals surface area contributed by atoms with Crippen LogP contribution in [0.25, 0.3) is 56.4 Å². The molecule has 0 spiro atoms. The lowest BCUT2D eigenvalue weighted by molar-refractivity contribution is 0.628. The number of rotatable bonds is 4. The van der Waals surface area contributed by atoms with Gasteiger partial charge >= 0.3 is 0 Å². The lowest BCUT2D eigenvalue weighted by atomic mass is 9.97. The van der Waals surface area contributed by atoms with Gasteiger partial charge in [-0.1, -0.05) is 97.1 Å². The average Bonchev–Trinajstić information content (AvgIpc) is 3.35. The highest BCUT2D eigenvalue weighted by Gasteiger charge is 2.19. The standard InChI is InChI=1S/C34H22FN3/c35-29-19-27(24-15-16-26-17-25-13-7-8-14-30(25)31(26)21-24)18-28(20-29)34-37-32(22-9-3-1-4-10-22)36-33(38-34)23-11-5-2-6-12-23/h1-16,18-21H,17H2. The molecule has 4 heteroatoms. The SMILES string of the molecule is Fc1cc(-c2ccc3c(c2)-c2ccccc2C3)cc(-c2nc(-c3ccccc3)nc(-c3ccccc3)n2)c1. The fourth-order valence-corrected chi connectivity index (χ4v) is 5.13. The van der Waals surface area contributed by atoms with E-state index in [0.717, 1.165) is 28.7 Å². The smallest absolute Gasteiger partial charge is 0.164 e. The number of aromatic nitrogens is 3. The highest BCUT2D eigenvalue weighted by Crippen LogP contribution is 2.39. The second-order valence-corrected chi connectivity index (χ2v) is 9.47. The van der Waals surface area contributed by atoms with Crippen LogP contribution in [-0.4, -0.2) is 15.0 Å². The van der Waals surface area contributed by atoms with Gasteiger partial charge < -0.3 is 0 Å². The summed E-state index contributed by atoms with van der Waals surface area (Å²) in [6.07, 6.45) is 0.926. The van der Waals surface area contributed by atoms with Crippen molar-refractivity contribution in [2.75, 3.05) is 0 Å². The third kappa shape index (κ3) is 4.06. The van der Waals surface area contributed by atoms with Crippen LogP contribution in [0, 0.1) is 5.82 Å². The van der Waals surface area contributed by atoms with Gasteiger partial charge in [-0.3, -0.25) is 0 Å². The van der Waals surface area contributed by atoms with Crippen molar-refractivity contribution in [1.29, 1.82) is 0 Å². The van der Waals surface area contributed by atoms with Gasteiger partial charge in [0.2, 0.25) is 0 Å². The Labute approximate surface area is 220 Å². The first-order valence-electron chi connectivity index (χ1n) is 12.6. The molecule has 0 radical (unpaired) electrons. The fourth-order valence-electron chi connectivity index (χ4n) is 5.13. The normalized spacial score (nSPS) is 11.7. The quantitative estimate of drug-likeness (QED) is 0.249. The maximum Gasteiger partial charge on any atom is 0.164 e. The summed E-state index contributed by atoms with van der Waals surface area (Å²) in [7, 11) is 0. The summed E-state index contributed by atoms with van der Waals surface area (Å²) in [5.41, 5.74) is 9.19. The van der Waals surface area contributed by atoms with E-state index >= 15 is 4.39 Å². The van der Waals surface area contributed by atoms with Crippen LogP contribution < -0.4 is 0 Å². The van der Waals surface area contributed by atoms with E-state index in [1.807, 2.05) is 66.7 Å². The van der Waals surface area contributed by atoms with Crippen molar-refractivity contribution < 1.29 is 4.39 Å². The molecule has 5 aromatic carbocycles. The van der Waals surface area contributed by atoms with Crippen LogP contribution in [0.4, 0.5) is 4.39 Å². The molecule has 0 aliphatic heterocycles. The van der Waals surface area contributed by atoms with Gasteiger partial charge in [-0.25, -0.2) is 19.3 Å². The largest absolute Gasteiger partial charge is 0.208 e. The minimum Gasteiger partial charge on any atom is -0.208 e. The zero-order chi connectivity index (χ0) is 25.5. The van der Waals surface area contributed by atoms with Crippen molar-refractivity contribution in [3.8, 4) is 56.4 Å². The summed E-state index contributed by atoms with van der Waals surface area (Å²) >= 11 is 0. The molecule has 0 N–H and O–H groups in total. The number of hydrogen-bond donors (Lipinski definition) is 0. The summed E-state index contributed by atoms with van der Waals surface area (Å²) in [4.78, 5) is 14.3. The Hall–Kier alpha value is -4.96. The summed E-state index contributed by atoms with van der Waals surface area (Å²) < 4.78 is 15.1. The molecule has 7 rings (SSSR count). The summed E-state index contributed by atoms with van der Waals surface area (Å²) in [6, 6.07) is 39.5. The third-order valence-electron chi connectivity index (χ3n) is 6.99. The van der Waals surface area contributed by atoms with Gasteiger partial charge in [0.25, 0.3) is 0 Å². The Morgan fingerprint density at radius 1 is 0.421 bits per heavy atom. The molecule has 1 heterocycles. The van der Waals surface area contributed by atoms with E-state index in [-0.39, 0.29) is 5.82 Å². The number of halogens is 1. The monoisotopic (exact) mass is 491 g/mol. The topological polar surface area (TPSA) is 38.7 Å². The Morgan fingerprint density at radius 2 is 0.974 bits per heavy atom. The maximum absolute atomic E-state index is 15.1. The van der Waals surface area contributed by atoms with Crippen LogP contribution in [0.1, 0.15) is 11.1 Å². The summed E-state index contributed by atoms with van der Waals surface area (Å²) in [5.74, 6) is 1.20. The Kier molecular flexibility index (Phi) is 5.37. The molecular weight excluding hydrogens is 469 g/mol. The van der Waals surface area contributed by atoms with Crippen molar-refractivity contribution in [2.45, 2.75) is 6.42 Å². The van der Waals surface area contributed by atoms with E-state index in [0.29, 0.717) is 23.0 Å². The third-order valence-corrected chi connectivity index (χ3v) is 6.99. The van der Waals surface area contributed by atoms with E-state index in [2.05, 4.69) is 42.5 Å².